The van der Waals surface area contributed by atoms with Crippen LogP contribution in [0.15, 0.2) is 42.6 Å². The molecule has 0 spiro atoms. The van der Waals surface area contributed by atoms with Crippen molar-refractivity contribution < 1.29 is 17.9 Å². The second kappa shape index (κ2) is 6.55. The van der Waals surface area contributed by atoms with Crippen LogP contribution in [0.4, 0.5) is 24.7 Å². The van der Waals surface area contributed by atoms with E-state index in [2.05, 4.69) is 15.6 Å². The number of pyridine rings is 1. The molecule has 1 fully saturated rings. The number of rotatable bonds is 3. The number of hydrogen-bond donors (Lipinski definition) is 2. The van der Waals surface area contributed by atoms with Gasteiger partial charge >= 0.3 is 6.18 Å². The smallest absolute Gasteiger partial charge is 0.371 e. The molecule has 0 amide bonds. The highest BCUT2D eigenvalue weighted by atomic mass is 19.4. The lowest BCUT2D eigenvalue weighted by atomic mass is 10.1. The van der Waals surface area contributed by atoms with E-state index in [1.165, 1.54) is 12.3 Å². The van der Waals surface area contributed by atoms with Crippen LogP contribution in [0.3, 0.4) is 0 Å². The van der Waals surface area contributed by atoms with Crippen molar-refractivity contribution >= 4 is 11.5 Å². The molecular formula is C16H16F3N3O. The van der Waals surface area contributed by atoms with Gasteiger partial charge in [-0.1, -0.05) is 12.1 Å². The van der Waals surface area contributed by atoms with Crippen LogP contribution < -0.4 is 10.6 Å². The van der Waals surface area contributed by atoms with Crippen molar-refractivity contribution in [3.8, 4) is 0 Å². The molecule has 1 aromatic carbocycles. The minimum Gasteiger partial charge on any atom is -0.371 e. The summed E-state index contributed by atoms with van der Waals surface area (Å²) < 4.78 is 44.5. The first-order valence-electron chi connectivity index (χ1n) is 7.25. The molecule has 0 saturated carbocycles. The summed E-state index contributed by atoms with van der Waals surface area (Å²) in [6, 6.07) is 9.41. The number of aromatic nitrogens is 1. The van der Waals surface area contributed by atoms with E-state index in [0.29, 0.717) is 12.3 Å². The molecule has 2 aromatic rings. The fourth-order valence-electron chi connectivity index (χ4n) is 2.43. The number of halogens is 3. The van der Waals surface area contributed by atoms with Crippen molar-refractivity contribution in [2.45, 2.75) is 12.3 Å². The Hall–Kier alpha value is -2.12. The molecule has 2 heterocycles. The Morgan fingerprint density at radius 3 is 2.61 bits per heavy atom. The van der Waals surface area contributed by atoms with Crippen LogP contribution in [-0.4, -0.2) is 24.7 Å². The SMILES string of the molecule is FC(F)(F)c1cccnc1Nc1ccc([C@H]2CNCCO2)cc1. The lowest BCUT2D eigenvalue weighted by molar-refractivity contribution is -0.137. The number of nitrogens with one attached hydrogen (secondary N) is 2. The lowest BCUT2D eigenvalue weighted by Crippen LogP contribution is -2.33. The summed E-state index contributed by atoms with van der Waals surface area (Å²) in [5.74, 6) is -0.205. The Morgan fingerprint density at radius 2 is 1.96 bits per heavy atom. The van der Waals surface area contributed by atoms with Crippen LogP contribution in [0.25, 0.3) is 0 Å². The topological polar surface area (TPSA) is 46.2 Å². The Balaban J connectivity index is 1.76. The minimum atomic E-state index is -4.45. The van der Waals surface area contributed by atoms with Crippen LogP contribution in [0.5, 0.6) is 0 Å². The van der Waals surface area contributed by atoms with E-state index in [0.717, 1.165) is 24.7 Å². The van der Waals surface area contributed by atoms with Crippen molar-refractivity contribution in [3.05, 3.63) is 53.7 Å². The van der Waals surface area contributed by atoms with E-state index in [1.807, 2.05) is 12.1 Å². The number of ether oxygens (including phenoxy) is 1. The number of morpholine rings is 1. The molecule has 1 saturated heterocycles. The number of hydrogen-bond acceptors (Lipinski definition) is 4. The predicted octanol–water partition coefficient (Wildman–Crippen LogP) is 3.50. The molecular weight excluding hydrogens is 307 g/mol. The van der Waals surface area contributed by atoms with Crippen molar-refractivity contribution in [1.29, 1.82) is 0 Å². The van der Waals surface area contributed by atoms with Crippen molar-refractivity contribution in [2.24, 2.45) is 0 Å². The summed E-state index contributed by atoms with van der Waals surface area (Å²) in [6.07, 6.45) is -3.15. The van der Waals surface area contributed by atoms with Gasteiger partial charge in [0.2, 0.25) is 0 Å². The van der Waals surface area contributed by atoms with Crippen LogP contribution in [-0.2, 0) is 10.9 Å². The minimum absolute atomic E-state index is 0.0293. The van der Waals surface area contributed by atoms with Gasteiger partial charge in [0.1, 0.15) is 5.82 Å². The quantitative estimate of drug-likeness (QED) is 0.907. The molecule has 1 aliphatic heterocycles. The molecule has 1 atom stereocenters. The van der Waals surface area contributed by atoms with Crippen molar-refractivity contribution in [1.82, 2.24) is 10.3 Å². The molecule has 23 heavy (non-hydrogen) atoms. The molecule has 4 nitrogen and oxygen atoms in total. The molecule has 2 N–H and O–H groups in total. The zero-order valence-corrected chi connectivity index (χ0v) is 12.2. The number of anilines is 2. The molecule has 7 heteroatoms. The van der Waals surface area contributed by atoms with E-state index in [9.17, 15) is 13.2 Å². The van der Waals surface area contributed by atoms with E-state index in [-0.39, 0.29) is 11.9 Å². The third-order valence-electron chi connectivity index (χ3n) is 3.59. The fourth-order valence-corrected chi connectivity index (χ4v) is 2.43. The maximum Gasteiger partial charge on any atom is 0.419 e. The largest absolute Gasteiger partial charge is 0.419 e. The molecule has 0 unspecified atom stereocenters. The Morgan fingerprint density at radius 1 is 1.17 bits per heavy atom. The van der Waals surface area contributed by atoms with Crippen LogP contribution >= 0.6 is 0 Å². The average Bonchev–Trinajstić information content (AvgIpc) is 2.56. The molecule has 1 aromatic heterocycles. The van der Waals surface area contributed by atoms with Gasteiger partial charge in [-0.25, -0.2) is 4.98 Å². The van der Waals surface area contributed by atoms with Gasteiger partial charge in [0.25, 0.3) is 0 Å². The first-order valence-corrected chi connectivity index (χ1v) is 7.25. The summed E-state index contributed by atoms with van der Waals surface area (Å²) in [4.78, 5) is 3.79. The molecule has 0 bridgehead atoms. The summed E-state index contributed by atoms with van der Waals surface area (Å²) >= 11 is 0. The van der Waals surface area contributed by atoms with E-state index in [4.69, 9.17) is 4.74 Å². The first-order chi connectivity index (χ1) is 11.0. The van der Waals surface area contributed by atoms with Gasteiger partial charge in [0.05, 0.1) is 18.3 Å². The van der Waals surface area contributed by atoms with Crippen molar-refractivity contribution in [2.75, 3.05) is 25.0 Å². The van der Waals surface area contributed by atoms with Crippen molar-refractivity contribution in [3.63, 3.8) is 0 Å². The zero-order valence-electron chi connectivity index (χ0n) is 12.2. The molecule has 1 aliphatic rings. The number of alkyl halides is 3. The van der Waals surface area contributed by atoms with Gasteiger partial charge in [-0.3, -0.25) is 0 Å². The standard InChI is InChI=1S/C16H16F3N3O/c17-16(18,19)13-2-1-7-21-15(13)22-12-5-3-11(4-6-12)14-10-20-8-9-23-14/h1-7,14,20H,8-10H2,(H,21,22)/t14-/m1/s1. The van der Waals surface area contributed by atoms with E-state index < -0.39 is 11.7 Å². The average molecular weight is 323 g/mol. The van der Waals surface area contributed by atoms with E-state index in [1.54, 1.807) is 12.1 Å². The van der Waals surface area contributed by atoms with Gasteiger partial charge in [-0.05, 0) is 29.8 Å². The highest BCUT2D eigenvalue weighted by Gasteiger charge is 2.34. The highest BCUT2D eigenvalue weighted by Crippen LogP contribution is 2.34. The van der Waals surface area contributed by atoms with Gasteiger partial charge < -0.3 is 15.4 Å². The summed E-state index contributed by atoms with van der Waals surface area (Å²) in [6.45, 7) is 2.20. The van der Waals surface area contributed by atoms with Gasteiger partial charge in [0.15, 0.2) is 0 Å². The molecule has 122 valence electrons. The molecule has 3 rings (SSSR count). The van der Waals surface area contributed by atoms with Gasteiger partial charge in [-0.15, -0.1) is 0 Å². The Labute approximate surface area is 131 Å². The van der Waals surface area contributed by atoms with Gasteiger partial charge in [0, 0.05) is 25.0 Å². The number of benzene rings is 1. The molecule has 0 radical (unpaired) electrons. The monoisotopic (exact) mass is 323 g/mol. The lowest BCUT2D eigenvalue weighted by Gasteiger charge is -2.24. The summed E-state index contributed by atoms with van der Waals surface area (Å²) in [5.41, 5.74) is 0.741. The number of nitrogens with zero attached hydrogens (tertiary/aromatic N) is 1. The zero-order chi connectivity index (χ0) is 16.3. The maximum atomic E-state index is 13.0. The third-order valence-corrected chi connectivity index (χ3v) is 3.59. The highest BCUT2D eigenvalue weighted by molar-refractivity contribution is 5.60. The van der Waals surface area contributed by atoms with Crippen LogP contribution in [0.2, 0.25) is 0 Å². The Bertz CT molecular complexity index is 652. The Kier molecular flexibility index (Phi) is 4.49. The van der Waals surface area contributed by atoms with Gasteiger partial charge in [-0.2, -0.15) is 13.2 Å². The first kappa shape index (κ1) is 15.8. The second-order valence-electron chi connectivity index (χ2n) is 5.21. The second-order valence-corrected chi connectivity index (χ2v) is 5.21. The summed E-state index contributed by atoms with van der Waals surface area (Å²) in [5, 5.41) is 5.96. The van der Waals surface area contributed by atoms with E-state index >= 15 is 0 Å². The third kappa shape index (κ3) is 3.80. The normalized spacial score (nSPS) is 18.7. The maximum absolute atomic E-state index is 13.0. The molecule has 0 aliphatic carbocycles. The fraction of sp³-hybridized carbons (Fsp3) is 0.312. The van der Waals surface area contributed by atoms with Crippen LogP contribution in [0, 0.1) is 0 Å². The predicted molar refractivity (Wildman–Crippen MR) is 80.5 cm³/mol. The summed E-state index contributed by atoms with van der Waals surface area (Å²) in [7, 11) is 0. The van der Waals surface area contributed by atoms with Crippen LogP contribution in [0.1, 0.15) is 17.2 Å².